The fourth-order valence-electron chi connectivity index (χ4n) is 1.21. The number of hydrogen-bond acceptors (Lipinski definition) is 3. The summed E-state index contributed by atoms with van der Waals surface area (Å²) in [5.41, 5.74) is -0.742. The number of rotatable bonds is 1. The highest BCUT2D eigenvalue weighted by Crippen LogP contribution is 2.32. The van der Waals surface area contributed by atoms with Crippen LogP contribution in [0.3, 0.4) is 0 Å². The Morgan fingerprint density at radius 3 is 2.17 bits per heavy atom. The molecule has 0 amide bonds. The summed E-state index contributed by atoms with van der Waals surface area (Å²) in [5.74, 6) is 0. The van der Waals surface area contributed by atoms with Crippen LogP contribution < -0.4 is 0 Å². The standard InChI is InChI=1S/C10H4Cl2F3N3/c11-5-1-2-6(16-3-5)7-4-17-8(9(12)18-7)10(13,14)15/h1-4H. The molecule has 94 valence electrons. The molecular weight excluding hydrogens is 290 g/mol. The summed E-state index contributed by atoms with van der Waals surface area (Å²) in [6, 6.07) is 3.05. The van der Waals surface area contributed by atoms with Crippen LogP contribution in [0, 0.1) is 0 Å². The van der Waals surface area contributed by atoms with Crippen LogP contribution in [0.15, 0.2) is 24.5 Å². The Labute approximate surface area is 110 Å². The van der Waals surface area contributed by atoms with E-state index in [1.807, 2.05) is 0 Å². The summed E-state index contributed by atoms with van der Waals surface area (Å²) in [7, 11) is 0. The molecule has 3 nitrogen and oxygen atoms in total. The van der Waals surface area contributed by atoms with Gasteiger partial charge in [0.1, 0.15) is 5.69 Å². The van der Waals surface area contributed by atoms with Gasteiger partial charge in [0.25, 0.3) is 0 Å². The van der Waals surface area contributed by atoms with E-state index in [0.717, 1.165) is 6.20 Å². The molecule has 0 spiro atoms. The van der Waals surface area contributed by atoms with E-state index in [2.05, 4.69) is 15.0 Å². The van der Waals surface area contributed by atoms with Gasteiger partial charge in [-0.15, -0.1) is 0 Å². The molecule has 0 bridgehead atoms. The maximum atomic E-state index is 12.4. The lowest BCUT2D eigenvalue weighted by Gasteiger charge is -2.07. The minimum atomic E-state index is -4.63. The molecule has 0 aromatic carbocycles. The molecule has 0 aliphatic carbocycles. The largest absolute Gasteiger partial charge is 0.436 e. The molecule has 2 aromatic rings. The van der Waals surface area contributed by atoms with Gasteiger partial charge >= 0.3 is 6.18 Å². The molecule has 2 rings (SSSR count). The highest BCUT2D eigenvalue weighted by Gasteiger charge is 2.36. The average molecular weight is 294 g/mol. The fourth-order valence-corrected chi connectivity index (χ4v) is 1.57. The summed E-state index contributed by atoms with van der Waals surface area (Å²) < 4.78 is 37.2. The first-order valence-electron chi connectivity index (χ1n) is 4.59. The topological polar surface area (TPSA) is 38.7 Å². The monoisotopic (exact) mass is 293 g/mol. The minimum absolute atomic E-state index is 0.143. The second-order valence-corrected chi connectivity index (χ2v) is 4.05. The fraction of sp³-hybridized carbons (Fsp3) is 0.100. The van der Waals surface area contributed by atoms with E-state index in [1.165, 1.54) is 18.3 Å². The molecule has 0 saturated heterocycles. The Morgan fingerprint density at radius 2 is 1.67 bits per heavy atom. The van der Waals surface area contributed by atoms with Crippen LogP contribution in [0.2, 0.25) is 10.2 Å². The van der Waals surface area contributed by atoms with Crippen LogP contribution in [0.5, 0.6) is 0 Å². The molecule has 0 unspecified atom stereocenters. The number of aromatic nitrogens is 3. The average Bonchev–Trinajstić information content (AvgIpc) is 2.28. The number of nitrogens with zero attached hydrogens (tertiary/aromatic N) is 3. The third-order valence-electron chi connectivity index (χ3n) is 1.99. The molecule has 0 aliphatic heterocycles. The molecule has 0 saturated carbocycles. The maximum absolute atomic E-state index is 12.4. The van der Waals surface area contributed by atoms with E-state index in [9.17, 15) is 13.2 Å². The molecule has 0 atom stereocenters. The van der Waals surface area contributed by atoms with Crippen molar-refractivity contribution in [2.45, 2.75) is 6.18 Å². The van der Waals surface area contributed by atoms with Crippen molar-refractivity contribution in [2.24, 2.45) is 0 Å². The molecule has 8 heteroatoms. The summed E-state index contributed by atoms with van der Waals surface area (Å²) in [5, 5.41) is -0.304. The molecule has 18 heavy (non-hydrogen) atoms. The van der Waals surface area contributed by atoms with Gasteiger partial charge in [-0.25, -0.2) is 9.97 Å². The molecule has 0 radical (unpaired) electrons. The van der Waals surface area contributed by atoms with E-state index in [4.69, 9.17) is 23.2 Å². The van der Waals surface area contributed by atoms with Crippen molar-refractivity contribution in [3.05, 3.63) is 40.4 Å². The lowest BCUT2D eigenvalue weighted by atomic mass is 10.3. The smallest absolute Gasteiger partial charge is 0.253 e. The third-order valence-corrected chi connectivity index (χ3v) is 2.48. The van der Waals surface area contributed by atoms with Gasteiger partial charge in [0.05, 0.1) is 16.9 Å². The van der Waals surface area contributed by atoms with Crippen molar-refractivity contribution in [3.8, 4) is 11.4 Å². The first kappa shape index (κ1) is 13.0. The van der Waals surface area contributed by atoms with Crippen LogP contribution in [0.4, 0.5) is 13.2 Å². The van der Waals surface area contributed by atoms with Crippen molar-refractivity contribution < 1.29 is 13.2 Å². The van der Waals surface area contributed by atoms with Gasteiger partial charge in [-0.1, -0.05) is 23.2 Å². The molecule has 2 heterocycles. The van der Waals surface area contributed by atoms with E-state index in [1.54, 1.807) is 0 Å². The molecule has 2 aromatic heterocycles. The number of alkyl halides is 3. The zero-order chi connectivity index (χ0) is 13.3. The van der Waals surface area contributed by atoms with Gasteiger partial charge in [0, 0.05) is 6.20 Å². The number of pyridine rings is 1. The Kier molecular flexibility index (Phi) is 3.41. The Hall–Kier alpha value is -1.40. The first-order chi connectivity index (χ1) is 8.38. The molecule has 0 N–H and O–H groups in total. The van der Waals surface area contributed by atoms with Crippen molar-refractivity contribution in [2.75, 3.05) is 0 Å². The zero-order valence-electron chi connectivity index (χ0n) is 8.54. The summed E-state index contributed by atoms with van der Waals surface area (Å²) in [4.78, 5) is 10.8. The number of hydrogen-bond donors (Lipinski definition) is 0. The van der Waals surface area contributed by atoms with E-state index >= 15 is 0 Å². The Morgan fingerprint density at radius 1 is 0.944 bits per heavy atom. The SMILES string of the molecule is FC(F)(F)c1ncc(-c2ccc(Cl)cn2)nc1Cl. The van der Waals surface area contributed by atoms with Crippen LogP contribution in [0.1, 0.15) is 5.69 Å². The molecular formula is C10H4Cl2F3N3. The van der Waals surface area contributed by atoms with Gasteiger partial charge in [-0.3, -0.25) is 4.98 Å². The predicted molar refractivity (Wildman–Crippen MR) is 60.3 cm³/mol. The normalized spacial score (nSPS) is 11.6. The van der Waals surface area contributed by atoms with Gasteiger partial charge < -0.3 is 0 Å². The van der Waals surface area contributed by atoms with E-state index in [0.29, 0.717) is 10.7 Å². The van der Waals surface area contributed by atoms with Crippen molar-refractivity contribution in [3.63, 3.8) is 0 Å². The van der Waals surface area contributed by atoms with Gasteiger partial charge in [-0.05, 0) is 12.1 Å². The quantitative estimate of drug-likeness (QED) is 0.801. The highest BCUT2D eigenvalue weighted by molar-refractivity contribution is 6.30. The first-order valence-corrected chi connectivity index (χ1v) is 5.35. The van der Waals surface area contributed by atoms with Crippen molar-refractivity contribution in [1.29, 1.82) is 0 Å². The van der Waals surface area contributed by atoms with Crippen LogP contribution in [0.25, 0.3) is 11.4 Å². The third kappa shape index (κ3) is 2.70. The van der Waals surface area contributed by atoms with E-state index in [-0.39, 0.29) is 5.69 Å². The van der Waals surface area contributed by atoms with Gasteiger partial charge in [-0.2, -0.15) is 13.2 Å². The van der Waals surface area contributed by atoms with Crippen LogP contribution in [-0.2, 0) is 6.18 Å². The minimum Gasteiger partial charge on any atom is -0.253 e. The lowest BCUT2D eigenvalue weighted by molar-refractivity contribution is -0.141. The van der Waals surface area contributed by atoms with Crippen molar-refractivity contribution in [1.82, 2.24) is 15.0 Å². The van der Waals surface area contributed by atoms with E-state index < -0.39 is 17.0 Å². The summed E-state index contributed by atoms with van der Waals surface area (Å²) >= 11 is 11.1. The molecule has 0 aliphatic rings. The van der Waals surface area contributed by atoms with Gasteiger partial charge in [0.15, 0.2) is 10.8 Å². The number of halogens is 5. The summed E-state index contributed by atoms with van der Waals surface area (Å²) in [6.07, 6.45) is -2.31. The van der Waals surface area contributed by atoms with Gasteiger partial charge in [0.2, 0.25) is 0 Å². The van der Waals surface area contributed by atoms with Crippen LogP contribution >= 0.6 is 23.2 Å². The molecule has 0 fully saturated rings. The highest BCUT2D eigenvalue weighted by atomic mass is 35.5. The van der Waals surface area contributed by atoms with Crippen LogP contribution in [-0.4, -0.2) is 15.0 Å². The maximum Gasteiger partial charge on any atom is 0.436 e. The second kappa shape index (κ2) is 4.70. The summed E-state index contributed by atoms with van der Waals surface area (Å²) in [6.45, 7) is 0. The zero-order valence-corrected chi connectivity index (χ0v) is 10.1. The lowest BCUT2D eigenvalue weighted by Crippen LogP contribution is -2.10. The Bertz CT molecular complexity index is 570. The predicted octanol–water partition coefficient (Wildman–Crippen LogP) is 3.86. The second-order valence-electron chi connectivity index (χ2n) is 3.25. The van der Waals surface area contributed by atoms with Crippen molar-refractivity contribution >= 4 is 23.2 Å². The Balaban J connectivity index is 2.43.